The molecule has 0 spiro atoms. The molecule has 1 aromatic rings. The number of aromatic nitrogens is 2. The third kappa shape index (κ3) is 2.34. The fourth-order valence-electron chi connectivity index (χ4n) is 1.52. The van der Waals surface area contributed by atoms with Crippen molar-refractivity contribution in [2.75, 3.05) is 6.61 Å². The van der Waals surface area contributed by atoms with Gasteiger partial charge in [-0.15, -0.1) is 0 Å². The molecule has 0 amide bonds. The fourth-order valence-corrected chi connectivity index (χ4v) is 1.52. The molecule has 1 aliphatic carbocycles. The Balaban J connectivity index is 2.08. The van der Waals surface area contributed by atoms with Gasteiger partial charge in [-0.25, -0.2) is 0 Å². The van der Waals surface area contributed by atoms with Crippen LogP contribution >= 0.6 is 0 Å². The maximum Gasteiger partial charge on any atom is 0.240 e. The van der Waals surface area contributed by atoms with Gasteiger partial charge in [0, 0.05) is 6.61 Å². The molecular formula is C10H13N3O2. The van der Waals surface area contributed by atoms with Crippen molar-refractivity contribution in [2.24, 2.45) is 5.92 Å². The van der Waals surface area contributed by atoms with E-state index >= 15 is 0 Å². The molecular weight excluding hydrogens is 194 g/mol. The summed E-state index contributed by atoms with van der Waals surface area (Å²) in [5.74, 6) is 1.49. The summed E-state index contributed by atoms with van der Waals surface area (Å²) in [6, 6.07) is 1.98. The Bertz CT molecular complexity index is 365. The van der Waals surface area contributed by atoms with E-state index in [0.717, 1.165) is 12.8 Å². The predicted octanol–water partition coefficient (Wildman–Crippen LogP) is 1.62. The smallest absolute Gasteiger partial charge is 0.240 e. The fraction of sp³-hybridized carbons (Fsp3) is 0.700. The highest BCUT2D eigenvalue weighted by Crippen LogP contribution is 2.42. The third-order valence-electron chi connectivity index (χ3n) is 2.36. The Morgan fingerprint density at radius 1 is 1.67 bits per heavy atom. The molecule has 15 heavy (non-hydrogen) atoms. The zero-order valence-corrected chi connectivity index (χ0v) is 8.64. The first-order valence-electron chi connectivity index (χ1n) is 5.16. The summed E-state index contributed by atoms with van der Waals surface area (Å²) in [5.41, 5.74) is 0. The molecule has 5 heteroatoms. The van der Waals surface area contributed by atoms with Gasteiger partial charge >= 0.3 is 0 Å². The Morgan fingerprint density at radius 2 is 2.47 bits per heavy atom. The molecule has 2 rings (SSSR count). The van der Waals surface area contributed by atoms with Crippen LogP contribution in [0.25, 0.3) is 0 Å². The summed E-state index contributed by atoms with van der Waals surface area (Å²) in [5, 5.41) is 12.3. The highest BCUT2D eigenvalue weighted by Gasteiger charge is 2.36. The quantitative estimate of drug-likeness (QED) is 0.733. The van der Waals surface area contributed by atoms with Crippen molar-refractivity contribution in [1.29, 1.82) is 5.26 Å². The Hall–Kier alpha value is -1.41. The van der Waals surface area contributed by atoms with Gasteiger partial charge in [0.15, 0.2) is 0 Å². The van der Waals surface area contributed by atoms with E-state index in [1.807, 2.05) is 13.0 Å². The lowest BCUT2D eigenvalue weighted by Crippen LogP contribution is -2.08. The van der Waals surface area contributed by atoms with Gasteiger partial charge in [-0.1, -0.05) is 5.16 Å². The second-order valence-corrected chi connectivity index (χ2v) is 3.59. The molecule has 0 bridgehead atoms. The average molecular weight is 207 g/mol. The van der Waals surface area contributed by atoms with Crippen molar-refractivity contribution in [3.05, 3.63) is 11.7 Å². The number of ether oxygens (including phenoxy) is 1. The van der Waals surface area contributed by atoms with E-state index in [1.54, 1.807) is 0 Å². The minimum absolute atomic E-state index is 0.0498. The molecule has 0 N–H and O–H groups in total. The summed E-state index contributed by atoms with van der Waals surface area (Å²) in [6.45, 7) is 2.59. The Morgan fingerprint density at radius 3 is 3.07 bits per heavy atom. The zero-order chi connectivity index (χ0) is 10.7. The van der Waals surface area contributed by atoms with Crippen LogP contribution in [-0.4, -0.2) is 16.7 Å². The second kappa shape index (κ2) is 4.41. The molecule has 1 fully saturated rings. The van der Waals surface area contributed by atoms with Crippen LogP contribution in [0.1, 0.15) is 37.6 Å². The van der Waals surface area contributed by atoms with E-state index in [4.69, 9.17) is 14.5 Å². The second-order valence-electron chi connectivity index (χ2n) is 3.59. The van der Waals surface area contributed by atoms with Crippen molar-refractivity contribution in [3.8, 4) is 6.07 Å². The standard InChI is InChI=1S/C10H13N3O2/c1-2-14-9(7-3-4-7)10-12-8(5-6-11)15-13-10/h7,9H,2-5H2,1H3. The van der Waals surface area contributed by atoms with Crippen LogP contribution in [0.15, 0.2) is 4.52 Å². The van der Waals surface area contributed by atoms with Crippen molar-refractivity contribution in [1.82, 2.24) is 10.1 Å². The van der Waals surface area contributed by atoms with Crippen LogP contribution in [-0.2, 0) is 11.2 Å². The zero-order valence-electron chi connectivity index (χ0n) is 8.64. The number of rotatable bonds is 5. The summed E-state index contributed by atoms with van der Waals surface area (Å²) >= 11 is 0. The van der Waals surface area contributed by atoms with Gasteiger partial charge in [-0.05, 0) is 25.7 Å². The van der Waals surface area contributed by atoms with Gasteiger partial charge in [0.2, 0.25) is 11.7 Å². The van der Waals surface area contributed by atoms with Gasteiger partial charge < -0.3 is 9.26 Å². The van der Waals surface area contributed by atoms with E-state index in [1.165, 1.54) is 0 Å². The highest BCUT2D eigenvalue weighted by atomic mass is 16.5. The first-order chi connectivity index (χ1) is 7.35. The molecule has 1 aromatic heterocycles. The minimum atomic E-state index is -0.0498. The largest absolute Gasteiger partial charge is 0.370 e. The SMILES string of the molecule is CCOC(c1noc(CC#N)n1)C1CC1. The lowest BCUT2D eigenvalue weighted by Gasteiger charge is -2.10. The summed E-state index contributed by atoms with van der Waals surface area (Å²) in [6.07, 6.45) is 2.43. The van der Waals surface area contributed by atoms with Crippen molar-refractivity contribution in [2.45, 2.75) is 32.3 Å². The Labute approximate surface area is 88.0 Å². The predicted molar refractivity (Wildman–Crippen MR) is 50.7 cm³/mol. The average Bonchev–Trinajstić information content (AvgIpc) is 2.96. The van der Waals surface area contributed by atoms with Crippen molar-refractivity contribution >= 4 is 0 Å². The van der Waals surface area contributed by atoms with Crippen LogP contribution < -0.4 is 0 Å². The summed E-state index contributed by atoms with van der Waals surface area (Å²) < 4.78 is 10.5. The third-order valence-corrected chi connectivity index (χ3v) is 2.36. The monoisotopic (exact) mass is 207 g/mol. The molecule has 1 unspecified atom stereocenters. The molecule has 1 aliphatic rings. The van der Waals surface area contributed by atoms with Gasteiger partial charge in [0.05, 0.1) is 6.07 Å². The lowest BCUT2D eigenvalue weighted by molar-refractivity contribution is 0.0384. The van der Waals surface area contributed by atoms with Gasteiger partial charge in [-0.3, -0.25) is 0 Å². The number of nitrogens with zero attached hydrogens (tertiary/aromatic N) is 3. The van der Waals surface area contributed by atoms with Crippen LogP contribution in [0, 0.1) is 17.2 Å². The molecule has 1 saturated carbocycles. The minimum Gasteiger partial charge on any atom is -0.370 e. The van der Waals surface area contributed by atoms with Gasteiger partial charge in [0.25, 0.3) is 0 Å². The molecule has 0 aromatic carbocycles. The normalized spacial score (nSPS) is 17.3. The number of hydrogen-bond donors (Lipinski definition) is 0. The molecule has 0 aliphatic heterocycles. The molecule has 0 radical (unpaired) electrons. The molecule has 80 valence electrons. The van der Waals surface area contributed by atoms with E-state index < -0.39 is 0 Å². The number of nitriles is 1. The maximum atomic E-state index is 8.48. The molecule has 1 atom stereocenters. The topological polar surface area (TPSA) is 71.9 Å². The van der Waals surface area contributed by atoms with Crippen LogP contribution in [0.3, 0.4) is 0 Å². The Kier molecular flexibility index (Phi) is 2.97. The van der Waals surface area contributed by atoms with E-state index in [2.05, 4.69) is 10.1 Å². The van der Waals surface area contributed by atoms with E-state index in [9.17, 15) is 0 Å². The van der Waals surface area contributed by atoms with E-state index in [-0.39, 0.29) is 12.5 Å². The molecule has 0 saturated heterocycles. The summed E-state index contributed by atoms with van der Waals surface area (Å²) in [7, 11) is 0. The van der Waals surface area contributed by atoms with Gasteiger partial charge in [0.1, 0.15) is 12.5 Å². The first-order valence-corrected chi connectivity index (χ1v) is 5.16. The van der Waals surface area contributed by atoms with Crippen molar-refractivity contribution in [3.63, 3.8) is 0 Å². The van der Waals surface area contributed by atoms with Crippen LogP contribution in [0.2, 0.25) is 0 Å². The maximum absolute atomic E-state index is 8.48. The van der Waals surface area contributed by atoms with E-state index in [0.29, 0.717) is 24.2 Å². The highest BCUT2D eigenvalue weighted by molar-refractivity contribution is 5.00. The van der Waals surface area contributed by atoms with Crippen LogP contribution in [0.4, 0.5) is 0 Å². The van der Waals surface area contributed by atoms with Crippen LogP contribution in [0.5, 0.6) is 0 Å². The van der Waals surface area contributed by atoms with Crippen molar-refractivity contribution < 1.29 is 9.26 Å². The molecule has 1 heterocycles. The lowest BCUT2D eigenvalue weighted by atomic mass is 10.2. The number of hydrogen-bond acceptors (Lipinski definition) is 5. The summed E-state index contributed by atoms with van der Waals surface area (Å²) in [4.78, 5) is 4.15. The first kappa shape index (κ1) is 10.1. The van der Waals surface area contributed by atoms with Gasteiger partial charge in [-0.2, -0.15) is 10.2 Å². The molecule has 5 nitrogen and oxygen atoms in total.